The summed E-state index contributed by atoms with van der Waals surface area (Å²) in [7, 11) is 2.94. The highest BCUT2D eigenvalue weighted by molar-refractivity contribution is 5.87. The number of halogens is 2. The molecule has 2 aliphatic rings. The molecule has 0 amide bonds. The van der Waals surface area contributed by atoms with Gasteiger partial charge in [0.25, 0.3) is 5.92 Å². The van der Waals surface area contributed by atoms with Crippen LogP contribution in [0.15, 0.2) is 18.7 Å². The average Bonchev–Trinajstić information content (AvgIpc) is 3.45. The Bertz CT molecular complexity index is 1100. The molecule has 1 saturated heterocycles. The Morgan fingerprint density at radius 2 is 1.83 bits per heavy atom. The van der Waals surface area contributed by atoms with E-state index in [1.807, 2.05) is 0 Å². The Kier molecular flexibility index (Phi) is 4.23. The first-order chi connectivity index (χ1) is 14.5. The third-order valence-electron chi connectivity index (χ3n) is 6.15. The fourth-order valence-electron chi connectivity index (χ4n) is 4.62. The lowest BCUT2D eigenvalue weighted by atomic mass is 9.82. The normalized spacial score (nSPS) is 19.7. The minimum atomic E-state index is -2.75. The van der Waals surface area contributed by atoms with Crippen LogP contribution in [0.4, 0.5) is 14.6 Å². The summed E-state index contributed by atoms with van der Waals surface area (Å²) in [5, 5.41) is 5.04. The highest BCUT2D eigenvalue weighted by Crippen LogP contribution is 2.54. The maximum Gasteiger partial charge on any atom is 0.319 e. The van der Waals surface area contributed by atoms with E-state index in [2.05, 4.69) is 25.0 Å². The number of hydrogen-bond donors (Lipinski definition) is 0. The Morgan fingerprint density at radius 3 is 2.57 bits per heavy atom. The first-order valence-corrected chi connectivity index (χ1v) is 9.75. The maximum atomic E-state index is 14.9. The fourth-order valence-corrected chi connectivity index (χ4v) is 4.62. The molecule has 158 valence electrons. The molecule has 1 aliphatic heterocycles. The lowest BCUT2D eigenvalue weighted by Gasteiger charge is -2.28. The van der Waals surface area contributed by atoms with Crippen molar-refractivity contribution in [1.29, 1.82) is 0 Å². The number of fused-ring (bicyclic) bond motifs is 1. The molecule has 0 aromatic carbocycles. The molecule has 0 N–H and O–H groups in total. The molecule has 30 heavy (non-hydrogen) atoms. The molecule has 1 saturated carbocycles. The van der Waals surface area contributed by atoms with Crippen LogP contribution in [0.5, 0.6) is 11.9 Å². The maximum absolute atomic E-state index is 14.9. The van der Waals surface area contributed by atoms with Gasteiger partial charge in [0.15, 0.2) is 5.65 Å². The number of alkyl halides is 2. The van der Waals surface area contributed by atoms with Gasteiger partial charge in [-0.3, -0.25) is 0 Å². The second-order valence-electron chi connectivity index (χ2n) is 7.81. The number of aromatic nitrogens is 6. The third-order valence-corrected chi connectivity index (χ3v) is 6.15. The van der Waals surface area contributed by atoms with Crippen LogP contribution in [0.25, 0.3) is 16.7 Å². The first kappa shape index (κ1) is 18.9. The topological polar surface area (TPSA) is 91.1 Å². The van der Waals surface area contributed by atoms with Crippen molar-refractivity contribution in [3.05, 3.63) is 18.7 Å². The summed E-state index contributed by atoms with van der Waals surface area (Å²) in [6.07, 6.45) is 7.34. The van der Waals surface area contributed by atoms with E-state index in [0.29, 0.717) is 35.4 Å². The second kappa shape index (κ2) is 6.71. The number of hydrogen-bond acceptors (Lipinski definition) is 8. The zero-order valence-electron chi connectivity index (χ0n) is 16.7. The van der Waals surface area contributed by atoms with Gasteiger partial charge in [-0.2, -0.15) is 4.98 Å². The van der Waals surface area contributed by atoms with Gasteiger partial charge in [-0.15, -0.1) is 5.10 Å². The van der Waals surface area contributed by atoms with Crippen molar-refractivity contribution in [1.82, 2.24) is 29.7 Å². The zero-order valence-corrected chi connectivity index (χ0v) is 16.7. The summed E-state index contributed by atoms with van der Waals surface area (Å²) in [5.41, 5.74) is -0.0948. The van der Waals surface area contributed by atoms with Gasteiger partial charge in [-0.1, -0.05) is 12.8 Å². The number of anilines is 1. The molecule has 11 heteroatoms. The second-order valence-corrected chi connectivity index (χ2v) is 7.81. The molecule has 5 rings (SSSR count). The summed E-state index contributed by atoms with van der Waals surface area (Å²) in [5.74, 6) is -2.02. The summed E-state index contributed by atoms with van der Waals surface area (Å²) >= 11 is 0. The number of nitrogens with zero attached hydrogens (tertiary/aromatic N) is 7. The van der Waals surface area contributed by atoms with Crippen molar-refractivity contribution >= 4 is 16.9 Å². The third kappa shape index (κ3) is 2.75. The summed E-state index contributed by atoms with van der Waals surface area (Å²) in [4.78, 5) is 18.5. The molecule has 1 aliphatic carbocycles. The van der Waals surface area contributed by atoms with Gasteiger partial charge >= 0.3 is 6.01 Å². The molecule has 3 aromatic rings. The Balaban J connectivity index is 1.56. The number of rotatable bonds is 4. The summed E-state index contributed by atoms with van der Waals surface area (Å²) < 4.78 is 41.7. The van der Waals surface area contributed by atoms with Gasteiger partial charge in [0, 0.05) is 12.7 Å². The molecule has 0 radical (unpaired) electrons. The molecule has 4 heterocycles. The predicted octanol–water partition coefficient (Wildman–Crippen LogP) is 2.64. The smallest absolute Gasteiger partial charge is 0.319 e. The minimum absolute atomic E-state index is 0.161. The van der Waals surface area contributed by atoms with Crippen LogP contribution in [0.3, 0.4) is 0 Å². The zero-order chi connectivity index (χ0) is 20.9. The van der Waals surface area contributed by atoms with E-state index >= 15 is 0 Å². The van der Waals surface area contributed by atoms with Gasteiger partial charge in [-0.05, 0) is 12.8 Å². The summed E-state index contributed by atoms with van der Waals surface area (Å²) in [6.45, 7) is -0.0640. The van der Waals surface area contributed by atoms with E-state index in [1.54, 1.807) is 11.1 Å². The Hall–Kier alpha value is -3.11. The van der Waals surface area contributed by atoms with Gasteiger partial charge < -0.3 is 14.4 Å². The lowest BCUT2D eigenvalue weighted by Crippen LogP contribution is -2.37. The summed E-state index contributed by atoms with van der Waals surface area (Å²) in [6, 6.07) is 0.161. The van der Waals surface area contributed by atoms with Crippen LogP contribution in [0.2, 0.25) is 0 Å². The Morgan fingerprint density at radius 1 is 1.03 bits per heavy atom. The molecule has 0 bridgehead atoms. The Labute approximate surface area is 171 Å². The van der Waals surface area contributed by atoms with Crippen molar-refractivity contribution in [3.63, 3.8) is 0 Å². The van der Waals surface area contributed by atoms with Crippen LogP contribution < -0.4 is 14.4 Å². The highest BCUT2D eigenvalue weighted by Gasteiger charge is 2.61. The molecule has 3 aromatic heterocycles. The van der Waals surface area contributed by atoms with Crippen LogP contribution in [0, 0.1) is 5.41 Å². The molecule has 1 spiro atoms. The molecule has 9 nitrogen and oxygen atoms in total. The first-order valence-electron chi connectivity index (χ1n) is 9.75. The van der Waals surface area contributed by atoms with Crippen molar-refractivity contribution in [3.8, 4) is 17.6 Å². The SMILES string of the molecule is COc1ncc(-n2cc3c(N4CC(F)(F)C5(CCCC5)C4)ncnc3n2)c(OC)n1. The van der Waals surface area contributed by atoms with E-state index in [-0.39, 0.29) is 25.0 Å². The van der Waals surface area contributed by atoms with E-state index < -0.39 is 11.3 Å². The predicted molar refractivity (Wildman–Crippen MR) is 103 cm³/mol. The lowest BCUT2D eigenvalue weighted by molar-refractivity contribution is -0.0795. The van der Waals surface area contributed by atoms with Gasteiger partial charge in [0.1, 0.15) is 17.8 Å². The average molecular weight is 417 g/mol. The molecule has 0 atom stereocenters. The fraction of sp³-hybridized carbons (Fsp3) is 0.526. The molecule has 0 unspecified atom stereocenters. The largest absolute Gasteiger partial charge is 0.479 e. The van der Waals surface area contributed by atoms with Gasteiger partial charge in [-0.25, -0.2) is 28.4 Å². The highest BCUT2D eigenvalue weighted by atomic mass is 19.3. The van der Waals surface area contributed by atoms with Gasteiger partial charge in [0.05, 0.1) is 37.8 Å². The van der Waals surface area contributed by atoms with E-state index in [4.69, 9.17) is 9.47 Å². The van der Waals surface area contributed by atoms with Crippen molar-refractivity contribution in [2.75, 3.05) is 32.2 Å². The van der Waals surface area contributed by atoms with Crippen molar-refractivity contribution in [2.24, 2.45) is 5.41 Å². The van der Waals surface area contributed by atoms with Crippen molar-refractivity contribution in [2.45, 2.75) is 31.6 Å². The van der Waals surface area contributed by atoms with Crippen molar-refractivity contribution < 1.29 is 18.3 Å². The van der Waals surface area contributed by atoms with Crippen LogP contribution >= 0.6 is 0 Å². The van der Waals surface area contributed by atoms with Crippen LogP contribution in [-0.2, 0) is 0 Å². The van der Waals surface area contributed by atoms with Crippen LogP contribution in [0.1, 0.15) is 25.7 Å². The molecular formula is C19H21F2N7O2. The van der Waals surface area contributed by atoms with Crippen LogP contribution in [-0.4, -0.2) is 62.9 Å². The van der Waals surface area contributed by atoms with E-state index in [0.717, 1.165) is 12.8 Å². The number of ether oxygens (including phenoxy) is 2. The minimum Gasteiger partial charge on any atom is -0.479 e. The standard InChI is InChI=1S/C19H21F2N7O2/c1-29-16-13(7-22-17(25-16)30-2)28-8-12-14(26-28)23-11-24-15(12)27-9-18(5-3-4-6-18)19(20,21)10-27/h7-8,11H,3-6,9-10H2,1-2H3. The molecular weight excluding hydrogens is 396 g/mol. The van der Waals surface area contributed by atoms with E-state index in [1.165, 1.54) is 31.4 Å². The monoisotopic (exact) mass is 417 g/mol. The molecule has 2 fully saturated rings. The number of methoxy groups -OCH3 is 2. The van der Waals surface area contributed by atoms with Gasteiger partial charge in [0.2, 0.25) is 5.88 Å². The quantitative estimate of drug-likeness (QED) is 0.640. The van der Waals surface area contributed by atoms with E-state index in [9.17, 15) is 8.78 Å².